The second-order valence-electron chi connectivity index (χ2n) is 9.08. The van der Waals surface area contributed by atoms with Crippen LogP contribution in [0.5, 0.6) is 0 Å². The first kappa shape index (κ1) is 18.2. The molecule has 3 aliphatic rings. The van der Waals surface area contributed by atoms with Crippen molar-refractivity contribution in [3.05, 3.63) is 23.9 Å². The van der Waals surface area contributed by atoms with Crippen LogP contribution < -0.4 is 0 Å². The molecule has 0 aromatic carbocycles. The molecule has 0 radical (unpaired) electrons. The molecule has 4 atom stereocenters. The number of aryl methyl sites for hydroxylation is 1. The fourth-order valence-electron chi connectivity index (χ4n) is 4.51. The van der Waals surface area contributed by atoms with E-state index in [9.17, 15) is 9.59 Å². The summed E-state index contributed by atoms with van der Waals surface area (Å²) >= 11 is 0. The normalized spacial score (nSPS) is 31.7. The lowest BCUT2D eigenvalue weighted by molar-refractivity contribution is -0.143. The molecule has 1 spiro atoms. The number of hydrogen-bond acceptors (Lipinski definition) is 6. The fraction of sp³-hybridized carbons (Fsp3) is 0.684. The molecule has 2 saturated heterocycles. The van der Waals surface area contributed by atoms with Gasteiger partial charge in [0, 0.05) is 13.6 Å². The predicted octanol–water partition coefficient (Wildman–Crippen LogP) is 1.16. The van der Waals surface area contributed by atoms with Gasteiger partial charge in [0.1, 0.15) is 5.60 Å². The largest absolute Gasteiger partial charge is 0.360 e. The molecule has 146 valence electrons. The van der Waals surface area contributed by atoms with Crippen molar-refractivity contribution in [3.8, 4) is 0 Å². The van der Waals surface area contributed by atoms with E-state index in [1.54, 1.807) is 18.9 Å². The first-order valence-corrected chi connectivity index (χ1v) is 9.30. The lowest BCUT2D eigenvalue weighted by Gasteiger charge is -2.29. The molecule has 0 aliphatic carbocycles. The number of nitrogens with zero attached hydrogens (tertiary/aromatic N) is 4. The Morgan fingerprint density at radius 1 is 1.44 bits per heavy atom. The van der Waals surface area contributed by atoms with Crippen LogP contribution in [0.15, 0.2) is 16.7 Å². The van der Waals surface area contributed by atoms with Gasteiger partial charge in [-0.25, -0.2) is 0 Å². The van der Waals surface area contributed by atoms with Gasteiger partial charge in [-0.05, 0) is 12.3 Å². The molecule has 8 nitrogen and oxygen atoms in total. The predicted molar refractivity (Wildman–Crippen MR) is 95.3 cm³/mol. The van der Waals surface area contributed by atoms with E-state index in [-0.39, 0.29) is 29.9 Å². The molecule has 0 N–H and O–H groups in total. The van der Waals surface area contributed by atoms with Gasteiger partial charge in [0.15, 0.2) is 5.82 Å². The zero-order valence-corrected chi connectivity index (χ0v) is 16.4. The number of fused-ring (bicyclic) bond motifs is 1. The summed E-state index contributed by atoms with van der Waals surface area (Å²) in [4.78, 5) is 33.9. The summed E-state index contributed by atoms with van der Waals surface area (Å²) in [5.74, 6) is -0.185. The van der Waals surface area contributed by atoms with Gasteiger partial charge in [-0.2, -0.15) is 4.98 Å². The Morgan fingerprint density at radius 3 is 2.81 bits per heavy atom. The molecule has 27 heavy (non-hydrogen) atoms. The molecule has 3 aliphatic heterocycles. The number of rotatable bonds is 4. The van der Waals surface area contributed by atoms with Crippen molar-refractivity contribution in [2.45, 2.75) is 45.9 Å². The number of aromatic nitrogens is 2. The van der Waals surface area contributed by atoms with Crippen LogP contribution in [0.3, 0.4) is 0 Å². The van der Waals surface area contributed by atoms with Crippen LogP contribution in [0.25, 0.3) is 0 Å². The molecule has 1 aromatic rings. The van der Waals surface area contributed by atoms with Gasteiger partial charge in [-0.15, -0.1) is 0 Å². The number of carbonyl (C=O) groups excluding carboxylic acids is 2. The molecule has 2 amide bonds. The average molecular weight is 374 g/mol. The van der Waals surface area contributed by atoms with Crippen LogP contribution in [0.1, 0.15) is 32.5 Å². The van der Waals surface area contributed by atoms with Crippen LogP contribution in [-0.4, -0.2) is 63.6 Å². The highest BCUT2D eigenvalue weighted by Crippen LogP contribution is 2.52. The van der Waals surface area contributed by atoms with E-state index >= 15 is 0 Å². The lowest BCUT2D eigenvalue weighted by Crippen LogP contribution is -2.45. The third-order valence-electron chi connectivity index (χ3n) is 5.45. The molecule has 8 heteroatoms. The van der Waals surface area contributed by atoms with E-state index in [0.717, 1.165) is 0 Å². The maximum atomic E-state index is 13.2. The first-order valence-electron chi connectivity index (χ1n) is 9.30. The standard InChI is InChI=1S/C19H26N4O4/c1-11-20-13(27-21-11)8-22(5)16(24)14-12-6-7-19(26-12)10-23(9-18(2,3)4)17(25)15(14)19/h6-7,12,14-15H,8-10H2,1-5H3/t12-,14?,15?,19-/m0/s1. The van der Waals surface area contributed by atoms with Gasteiger partial charge in [0.25, 0.3) is 0 Å². The highest BCUT2D eigenvalue weighted by molar-refractivity contribution is 5.93. The molecular weight excluding hydrogens is 348 g/mol. The SMILES string of the molecule is Cc1noc(CN(C)C(=O)C2C3C(=O)N(CC(C)(C)C)C[C@@]34C=C[C@@H]2O4)n1. The van der Waals surface area contributed by atoms with Crippen molar-refractivity contribution in [1.82, 2.24) is 19.9 Å². The van der Waals surface area contributed by atoms with Gasteiger partial charge in [0.2, 0.25) is 17.7 Å². The summed E-state index contributed by atoms with van der Waals surface area (Å²) < 4.78 is 11.3. The second-order valence-corrected chi connectivity index (χ2v) is 9.08. The van der Waals surface area contributed by atoms with Crippen LogP contribution in [0.2, 0.25) is 0 Å². The molecular formula is C19H26N4O4. The quantitative estimate of drug-likeness (QED) is 0.735. The molecule has 2 bridgehead atoms. The summed E-state index contributed by atoms with van der Waals surface area (Å²) in [6.07, 6.45) is 3.56. The van der Waals surface area contributed by atoms with Gasteiger partial charge in [-0.3, -0.25) is 9.59 Å². The third kappa shape index (κ3) is 2.96. The molecule has 1 aromatic heterocycles. The van der Waals surface area contributed by atoms with Crippen LogP contribution in [0, 0.1) is 24.2 Å². The maximum absolute atomic E-state index is 13.2. The first-order chi connectivity index (χ1) is 12.6. The Morgan fingerprint density at radius 2 is 2.19 bits per heavy atom. The minimum atomic E-state index is -0.671. The van der Waals surface area contributed by atoms with Crippen LogP contribution in [0.4, 0.5) is 0 Å². The fourth-order valence-corrected chi connectivity index (χ4v) is 4.51. The summed E-state index contributed by atoms with van der Waals surface area (Å²) in [6.45, 7) is 9.40. The minimum absolute atomic E-state index is 0.0113. The number of likely N-dealkylation sites (tertiary alicyclic amines) is 1. The Bertz CT molecular complexity index is 811. The van der Waals surface area contributed by atoms with E-state index in [1.807, 2.05) is 17.1 Å². The van der Waals surface area contributed by atoms with E-state index in [0.29, 0.717) is 24.8 Å². The van der Waals surface area contributed by atoms with Crippen molar-refractivity contribution in [2.75, 3.05) is 20.1 Å². The van der Waals surface area contributed by atoms with Gasteiger partial charge in [-0.1, -0.05) is 38.1 Å². The Labute approximate surface area is 158 Å². The molecule has 4 rings (SSSR count). The number of hydrogen-bond donors (Lipinski definition) is 0. The minimum Gasteiger partial charge on any atom is -0.360 e. The van der Waals surface area contributed by atoms with Crippen LogP contribution in [-0.2, 0) is 20.9 Å². The zero-order valence-electron chi connectivity index (χ0n) is 16.4. The Hall–Kier alpha value is -2.22. The van der Waals surface area contributed by atoms with Crippen molar-refractivity contribution < 1.29 is 18.8 Å². The summed E-state index contributed by atoms with van der Waals surface area (Å²) in [5.41, 5.74) is -0.686. The zero-order chi connectivity index (χ0) is 19.6. The van der Waals surface area contributed by atoms with E-state index in [1.165, 1.54) is 0 Å². The van der Waals surface area contributed by atoms with Gasteiger partial charge < -0.3 is 19.1 Å². The van der Waals surface area contributed by atoms with Crippen molar-refractivity contribution in [1.29, 1.82) is 0 Å². The number of amides is 2. The van der Waals surface area contributed by atoms with Gasteiger partial charge >= 0.3 is 0 Å². The van der Waals surface area contributed by atoms with Crippen molar-refractivity contribution >= 4 is 11.8 Å². The van der Waals surface area contributed by atoms with Crippen LogP contribution >= 0.6 is 0 Å². The summed E-state index contributed by atoms with van der Waals surface area (Å²) in [6, 6.07) is 0. The molecule has 0 saturated carbocycles. The third-order valence-corrected chi connectivity index (χ3v) is 5.45. The summed E-state index contributed by atoms with van der Waals surface area (Å²) in [5, 5.41) is 3.75. The second kappa shape index (κ2) is 5.89. The number of carbonyl (C=O) groups is 2. The molecule has 2 unspecified atom stereocenters. The smallest absolute Gasteiger partial charge is 0.246 e. The lowest BCUT2D eigenvalue weighted by atomic mass is 9.76. The number of ether oxygens (including phenoxy) is 1. The highest BCUT2D eigenvalue weighted by Gasteiger charge is 2.67. The maximum Gasteiger partial charge on any atom is 0.246 e. The van der Waals surface area contributed by atoms with Gasteiger partial charge in [0.05, 0.1) is 31.0 Å². The van der Waals surface area contributed by atoms with E-state index in [2.05, 4.69) is 30.9 Å². The highest BCUT2D eigenvalue weighted by atomic mass is 16.5. The Kier molecular flexibility index (Phi) is 3.96. The average Bonchev–Trinajstić information content (AvgIpc) is 3.28. The topological polar surface area (TPSA) is 88.8 Å². The van der Waals surface area contributed by atoms with Crippen molar-refractivity contribution in [3.63, 3.8) is 0 Å². The van der Waals surface area contributed by atoms with E-state index < -0.39 is 17.4 Å². The summed E-state index contributed by atoms with van der Waals surface area (Å²) in [7, 11) is 1.69. The Balaban J connectivity index is 1.54. The van der Waals surface area contributed by atoms with E-state index in [4.69, 9.17) is 9.26 Å². The molecule has 4 heterocycles. The van der Waals surface area contributed by atoms with Crippen molar-refractivity contribution in [2.24, 2.45) is 17.3 Å². The molecule has 2 fully saturated rings. The monoisotopic (exact) mass is 374 g/mol.